The summed E-state index contributed by atoms with van der Waals surface area (Å²) < 4.78 is 0. The summed E-state index contributed by atoms with van der Waals surface area (Å²) in [6.07, 6.45) is 0. The number of aryl methyl sites for hydroxylation is 2. The van der Waals surface area contributed by atoms with Gasteiger partial charge in [0.25, 0.3) is 11.8 Å². The number of hydrogen-bond acceptors (Lipinski definition) is 9. The number of aromatic amines is 6. The lowest BCUT2D eigenvalue weighted by Gasteiger charge is -2.16. The molecular weight excluding hydrogens is 915 g/mol. The summed E-state index contributed by atoms with van der Waals surface area (Å²) in [5, 5.41) is 10.2. The zero-order valence-electron chi connectivity index (χ0n) is 39.4. The number of carbonyl (C=O) groups excluding carboxylic acids is 2. The molecule has 0 atom stereocenters. The average Bonchev–Trinajstić information content (AvgIpc) is 4.26. The van der Waals surface area contributed by atoms with E-state index in [0.29, 0.717) is 50.9 Å². The van der Waals surface area contributed by atoms with E-state index >= 15 is 0 Å². The lowest BCUT2D eigenvalue weighted by atomic mass is 10.0. The second-order valence-corrected chi connectivity index (χ2v) is 19.1. The van der Waals surface area contributed by atoms with Crippen LogP contribution in [0.25, 0.3) is 123 Å². The summed E-state index contributed by atoms with van der Waals surface area (Å²) in [4.78, 5) is 79.9. The minimum absolute atomic E-state index is 0.217. The van der Waals surface area contributed by atoms with Crippen LogP contribution in [0.15, 0.2) is 121 Å². The van der Waals surface area contributed by atoms with Crippen LogP contribution < -0.4 is 4.90 Å². The van der Waals surface area contributed by atoms with Gasteiger partial charge in [0.2, 0.25) is 0 Å². The van der Waals surface area contributed by atoms with Gasteiger partial charge in [0.15, 0.2) is 0 Å². The van der Waals surface area contributed by atoms with Crippen LogP contribution in [0.4, 0.5) is 5.69 Å². The number of carbonyl (C=O) groups is 2. The van der Waals surface area contributed by atoms with E-state index in [4.69, 9.17) is 24.9 Å². The van der Waals surface area contributed by atoms with E-state index in [2.05, 4.69) is 71.9 Å². The van der Waals surface area contributed by atoms with Crippen LogP contribution in [-0.4, -0.2) is 82.3 Å². The zero-order valence-corrected chi connectivity index (χ0v) is 39.4. The van der Waals surface area contributed by atoms with Crippen molar-refractivity contribution < 1.29 is 14.7 Å². The fraction of sp³-hybridized carbons (Fsp3) is 0.0877. The van der Waals surface area contributed by atoms with Crippen LogP contribution in [0.5, 0.6) is 0 Å². The molecule has 1 aliphatic rings. The molecule has 2 amide bonds. The maximum atomic E-state index is 14.3. The molecule has 350 valence electrons. The van der Waals surface area contributed by atoms with Gasteiger partial charge >= 0.3 is 0 Å². The molecule has 0 unspecified atom stereocenters. The second-order valence-electron chi connectivity index (χ2n) is 19.1. The summed E-state index contributed by atoms with van der Waals surface area (Å²) in [5.74, 6) is 8.80. The zero-order chi connectivity index (χ0) is 49.4. The van der Waals surface area contributed by atoms with Gasteiger partial charge < -0.3 is 35.0 Å². The number of aliphatic hydroxyl groups is 1. The Labute approximate surface area is 413 Å². The van der Waals surface area contributed by atoms with Crippen molar-refractivity contribution in [2.24, 2.45) is 0 Å². The normalized spacial score (nSPS) is 12.9. The summed E-state index contributed by atoms with van der Waals surface area (Å²) >= 11 is 0. The Hall–Kier alpha value is -9.98. The van der Waals surface area contributed by atoms with Crippen LogP contribution >= 0.6 is 0 Å². The summed E-state index contributed by atoms with van der Waals surface area (Å²) in [7, 11) is 0. The highest BCUT2D eigenvalue weighted by atomic mass is 16.3. The Morgan fingerprint density at radius 2 is 0.863 bits per heavy atom. The van der Waals surface area contributed by atoms with E-state index in [-0.39, 0.29) is 11.1 Å². The highest BCUT2D eigenvalue weighted by Gasteiger charge is 2.37. The molecular formula is C57H39N13O3. The molecule has 16 heteroatoms. The topological polar surface area (TPSA) is 230 Å². The van der Waals surface area contributed by atoms with Gasteiger partial charge in [0.05, 0.1) is 83.0 Å². The number of rotatable bonds is 6. The molecule has 0 spiro atoms. The van der Waals surface area contributed by atoms with Crippen molar-refractivity contribution in [2.75, 3.05) is 4.90 Å². The summed E-state index contributed by atoms with van der Waals surface area (Å²) in [6.45, 7) is 7.15. The lowest BCUT2D eigenvalue weighted by Crippen LogP contribution is -2.29. The maximum absolute atomic E-state index is 14.3. The summed E-state index contributed by atoms with van der Waals surface area (Å²) in [5.41, 5.74) is 14.8. The van der Waals surface area contributed by atoms with Gasteiger partial charge in [0, 0.05) is 33.4 Å². The fourth-order valence-electron chi connectivity index (χ4n) is 9.75. The number of nitrogens with one attached hydrogen (secondary N) is 6. The Kier molecular flexibility index (Phi) is 8.77. The Bertz CT molecular complexity index is 4450. The number of H-pyrrole nitrogens is 6. The number of anilines is 1. The van der Waals surface area contributed by atoms with Crippen molar-refractivity contribution in [2.45, 2.75) is 33.3 Å². The fourth-order valence-corrected chi connectivity index (χ4v) is 9.75. The average molecular weight is 954 g/mol. The number of fused-ring (bicyclic) bond motifs is 7. The number of imide groups is 1. The van der Waals surface area contributed by atoms with Gasteiger partial charge in [-0.25, -0.2) is 34.8 Å². The molecule has 13 aromatic rings. The first-order chi connectivity index (χ1) is 35.3. The smallest absolute Gasteiger partial charge is 0.266 e. The van der Waals surface area contributed by atoms with E-state index < -0.39 is 17.4 Å². The highest BCUT2D eigenvalue weighted by Crippen LogP contribution is 2.38. The first kappa shape index (κ1) is 41.9. The van der Waals surface area contributed by atoms with Crippen molar-refractivity contribution >= 4 is 83.7 Å². The number of amides is 2. The number of imidazole rings is 6. The van der Waals surface area contributed by atoms with Crippen molar-refractivity contribution in [3.05, 3.63) is 149 Å². The first-order valence-corrected chi connectivity index (χ1v) is 23.6. The van der Waals surface area contributed by atoms with Crippen molar-refractivity contribution in [3.63, 3.8) is 0 Å². The molecule has 7 N–H and O–H groups in total. The molecule has 73 heavy (non-hydrogen) atoms. The minimum Gasteiger partial charge on any atom is -0.378 e. The highest BCUT2D eigenvalue weighted by molar-refractivity contribution is 6.34. The largest absolute Gasteiger partial charge is 0.378 e. The Morgan fingerprint density at radius 3 is 1.34 bits per heavy atom. The lowest BCUT2D eigenvalue weighted by molar-refractivity contribution is 0.0926. The third-order valence-corrected chi connectivity index (χ3v) is 13.2. The van der Waals surface area contributed by atoms with Gasteiger partial charge in [-0.05, 0) is 113 Å². The maximum Gasteiger partial charge on any atom is 0.266 e. The number of hydrogen-bond donors (Lipinski definition) is 7. The number of aromatic nitrogens is 12. The molecule has 14 rings (SSSR count). The standard InChI is InChI=1S/C57H39N13O3/c1-27-7-5-8-30(15-27)50-60-42-23-46-47(24-43(42)61-50)67-53(66-46)33-18-34(20-35(19-33)70-55(71)36-12-11-29(13-14-57(3,4)73)16-37(36)56(70)72)54-68-48-25-44-45(26-49(48)69-54)65-52(64-44)32-10-6-9-31(17-32)51-62-40-21-38-39(22-41(40)63-51)59-28(2)58-38/h5-12,15-26,73H,1-4H3,(H,58,59)(H,60,61)(H,62,63)(H,64,65)(H,66,67)(H,68,69). The van der Waals surface area contributed by atoms with Crippen molar-refractivity contribution in [1.29, 1.82) is 0 Å². The molecule has 1 aliphatic heterocycles. The van der Waals surface area contributed by atoms with Gasteiger partial charge in [-0.15, -0.1) is 0 Å². The van der Waals surface area contributed by atoms with Crippen LogP contribution in [0.1, 0.15) is 51.5 Å². The second kappa shape index (κ2) is 15.3. The predicted molar refractivity (Wildman–Crippen MR) is 282 cm³/mol. The monoisotopic (exact) mass is 953 g/mol. The van der Waals surface area contributed by atoms with E-state index in [0.717, 1.165) is 94.9 Å². The van der Waals surface area contributed by atoms with Crippen LogP contribution in [0.3, 0.4) is 0 Å². The Balaban J connectivity index is 0.832. The van der Waals surface area contributed by atoms with Crippen molar-refractivity contribution in [3.8, 4) is 68.8 Å². The van der Waals surface area contributed by atoms with E-state index in [1.54, 1.807) is 44.2 Å². The molecule has 16 nitrogen and oxygen atoms in total. The van der Waals surface area contributed by atoms with E-state index in [1.807, 2.05) is 79.7 Å². The van der Waals surface area contributed by atoms with Gasteiger partial charge in [0.1, 0.15) is 40.5 Å². The van der Waals surface area contributed by atoms with Gasteiger partial charge in [-0.3, -0.25) is 9.59 Å². The molecule has 7 aromatic carbocycles. The number of nitrogens with zero attached hydrogens (tertiary/aromatic N) is 7. The molecule has 0 aliphatic carbocycles. The molecule has 7 heterocycles. The summed E-state index contributed by atoms with van der Waals surface area (Å²) in [6, 6.07) is 38.4. The molecule has 0 bridgehead atoms. The van der Waals surface area contributed by atoms with Crippen molar-refractivity contribution in [1.82, 2.24) is 59.8 Å². The third-order valence-electron chi connectivity index (χ3n) is 13.2. The quantitative estimate of drug-likeness (QED) is 0.0620. The third kappa shape index (κ3) is 7.13. The van der Waals surface area contributed by atoms with Gasteiger partial charge in [-0.1, -0.05) is 53.8 Å². The molecule has 0 saturated carbocycles. The molecule has 6 aromatic heterocycles. The Morgan fingerprint density at radius 1 is 0.452 bits per heavy atom. The molecule has 0 radical (unpaired) electrons. The minimum atomic E-state index is -1.24. The van der Waals surface area contributed by atoms with E-state index in [9.17, 15) is 14.7 Å². The molecule has 0 saturated heterocycles. The molecule has 0 fully saturated rings. The van der Waals surface area contributed by atoms with Crippen LogP contribution in [0.2, 0.25) is 0 Å². The van der Waals surface area contributed by atoms with Gasteiger partial charge in [-0.2, -0.15) is 0 Å². The first-order valence-electron chi connectivity index (χ1n) is 23.6. The van der Waals surface area contributed by atoms with Crippen LogP contribution in [0, 0.1) is 25.7 Å². The predicted octanol–water partition coefficient (Wildman–Crippen LogP) is 10.8. The SMILES string of the molecule is Cc1cccc(-c2nc3cc4[nH]c(-c5cc(-c6nc7cc8[nH]c(-c9cccc(-c%10nc%11cc%12[nH]c(C)nc%12cc%11[nH]%10)c9)nc8cc7[nH]6)cc(N6C(=O)c7ccc(C#CC(C)(C)O)cc7C6=O)c5)nc4cc3[nH]2)c1. The van der Waals surface area contributed by atoms with Crippen LogP contribution in [-0.2, 0) is 0 Å². The number of benzene rings is 7. The van der Waals surface area contributed by atoms with E-state index in [1.165, 1.54) is 4.90 Å².